The lowest BCUT2D eigenvalue weighted by molar-refractivity contribution is 0.0171. The fraction of sp³-hybridized carbons (Fsp3) is 0.619. The molecular formula is C21H34N4O3. The monoisotopic (exact) mass is 390 g/mol. The summed E-state index contributed by atoms with van der Waals surface area (Å²) in [5, 5.41) is 9.37. The zero-order chi connectivity index (χ0) is 20.0. The van der Waals surface area contributed by atoms with Gasteiger partial charge in [0, 0.05) is 45.0 Å². The minimum Gasteiger partial charge on any atom is -0.379 e. The summed E-state index contributed by atoms with van der Waals surface area (Å²) < 4.78 is 11.2. The van der Waals surface area contributed by atoms with Gasteiger partial charge in [0.25, 0.3) is 5.91 Å². The van der Waals surface area contributed by atoms with Crippen LogP contribution in [0.25, 0.3) is 0 Å². The average Bonchev–Trinajstić information content (AvgIpc) is 3.21. The summed E-state index contributed by atoms with van der Waals surface area (Å²) in [5.74, 6) is 0.697. The number of hydrogen-bond acceptors (Lipinski definition) is 4. The maximum atomic E-state index is 12.1. The van der Waals surface area contributed by atoms with E-state index >= 15 is 0 Å². The number of carbonyl (C=O) groups is 1. The van der Waals surface area contributed by atoms with Gasteiger partial charge in [0.15, 0.2) is 5.96 Å². The molecule has 7 heteroatoms. The Bertz CT molecular complexity index is 615. The standard InChI is InChI=1S/C21H34N4O3/c1-3-22-21(24-10-6-13-27-16-19-9-5-14-28-19)25-12-11-23-20(26)18-8-4-7-17(2)15-18/h4,7-8,15,19H,3,5-6,9-14,16H2,1-2H3,(H,23,26)(H2,22,24,25). The first-order valence-corrected chi connectivity index (χ1v) is 10.3. The highest BCUT2D eigenvalue weighted by Crippen LogP contribution is 2.11. The number of carbonyl (C=O) groups excluding carboxylic acids is 1. The maximum absolute atomic E-state index is 12.1. The second-order valence-electron chi connectivity index (χ2n) is 6.88. The molecule has 0 radical (unpaired) electrons. The highest BCUT2D eigenvalue weighted by molar-refractivity contribution is 5.94. The first kappa shape index (κ1) is 22.2. The molecular weight excluding hydrogens is 356 g/mol. The van der Waals surface area contributed by atoms with Crippen LogP contribution in [0.5, 0.6) is 0 Å². The lowest BCUT2D eigenvalue weighted by atomic mass is 10.1. The molecule has 1 atom stereocenters. The van der Waals surface area contributed by atoms with Crippen molar-refractivity contribution in [1.82, 2.24) is 16.0 Å². The number of aryl methyl sites for hydroxylation is 1. The third-order valence-corrected chi connectivity index (χ3v) is 4.37. The summed E-state index contributed by atoms with van der Waals surface area (Å²) in [5.41, 5.74) is 1.76. The Morgan fingerprint density at radius 2 is 2.14 bits per heavy atom. The predicted octanol–water partition coefficient (Wildman–Crippen LogP) is 1.87. The third-order valence-electron chi connectivity index (χ3n) is 4.37. The van der Waals surface area contributed by atoms with Crippen molar-refractivity contribution in [3.63, 3.8) is 0 Å². The van der Waals surface area contributed by atoms with E-state index in [-0.39, 0.29) is 12.0 Å². The van der Waals surface area contributed by atoms with Gasteiger partial charge < -0.3 is 25.4 Å². The third kappa shape index (κ3) is 8.71. The number of guanidine groups is 1. The lowest BCUT2D eigenvalue weighted by Crippen LogP contribution is -2.41. The number of amides is 1. The second kappa shape index (κ2) is 13.1. The van der Waals surface area contributed by atoms with Gasteiger partial charge in [-0.3, -0.25) is 9.79 Å². The highest BCUT2D eigenvalue weighted by Gasteiger charge is 2.14. The molecule has 0 bridgehead atoms. The molecule has 0 aliphatic carbocycles. The molecule has 1 fully saturated rings. The van der Waals surface area contributed by atoms with E-state index in [0.29, 0.717) is 38.4 Å². The van der Waals surface area contributed by atoms with Crippen LogP contribution in [0.15, 0.2) is 29.3 Å². The number of benzene rings is 1. The molecule has 1 aromatic carbocycles. The Labute approximate surface area is 168 Å². The zero-order valence-corrected chi connectivity index (χ0v) is 17.1. The van der Waals surface area contributed by atoms with Crippen LogP contribution >= 0.6 is 0 Å². The van der Waals surface area contributed by atoms with Crippen molar-refractivity contribution < 1.29 is 14.3 Å². The molecule has 1 aromatic rings. The van der Waals surface area contributed by atoms with Crippen LogP contribution in [0, 0.1) is 6.92 Å². The largest absolute Gasteiger partial charge is 0.379 e. The summed E-state index contributed by atoms with van der Waals surface area (Å²) in [6.07, 6.45) is 3.39. The van der Waals surface area contributed by atoms with E-state index in [2.05, 4.69) is 20.9 Å². The molecule has 0 spiro atoms. The predicted molar refractivity (Wildman–Crippen MR) is 112 cm³/mol. The number of nitrogens with zero attached hydrogens (tertiary/aromatic N) is 1. The van der Waals surface area contributed by atoms with Gasteiger partial charge >= 0.3 is 0 Å². The molecule has 1 aliphatic heterocycles. The first-order valence-electron chi connectivity index (χ1n) is 10.3. The Balaban J connectivity index is 1.58. The summed E-state index contributed by atoms with van der Waals surface area (Å²) in [7, 11) is 0. The van der Waals surface area contributed by atoms with Crippen LogP contribution in [-0.4, -0.2) is 64.0 Å². The zero-order valence-electron chi connectivity index (χ0n) is 17.1. The topological polar surface area (TPSA) is 84.0 Å². The maximum Gasteiger partial charge on any atom is 0.251 e. The van der Waals surface area contributed by atoms with Crippen LogP contribution in [0.3, 0.4) is 0 Å². The van der Waals surface area contributed by atoms with E-state index < -0.39 is 0 Å². The van der Waals surface area contributed by atoms with E-state index in [0.717, 1.165) is 43.9 Å². The van der Waals surface area contributed by atoms with Crippen molar-refractivity contribution in [3.8, 4) is 0 Å². The molecule has 2 rings (SSSR count). The van der Waals surface area contributed by atoms with Gasteiger partial charge in [-0.25, -0.2) is 0 Å². The molecule has 1 saturated heterocycles. The van der Waals surface area contributed by atoms with Gasteiger partial charge in [-0.2, -0.15) is 0 Å². The van der Waals surface area contributed by atoms with Gasteiger partial charge in [0.1, 0.15) is 0 Å². The minimum absolute atomic E-state index is 0.0594. The number of ether oxygens (including phenoxy) is 2. The summed E-state index contributed by atoms with van der Waals surface area (Å²) >= 11 is 0. The Morgan fingerprint density at radius 3 is 2.89 bits per heavy atom. The van der Waals surface area contributed by atoms with E-state index in [9.17, 15) is 4.79 Å². The molecule has 28 heavy (non-hydrogen) atoms. The smallest absolute Gasteiger partial charge is 0.251 e. The fourth-order valence-corrected chi connectivity index (χ4v) is 2.94. The van der Waals surface area contributed by atoms with E-state index in [1.165, 1.54) is 0 Å². The molecule has 156 valence electrons. The van der Waals surface area contributed by atoms with E-state index in [1.807, 2.05) is 38.1 Å². The normalized spacial score (nSPS) is 16.8. The number of aliphatic imine (C=N–C) groups is 1. The highest BCUT2D eigenvalue weighted by atomic mass is 16.5. The summed E-state index contributed by atoms with van der Waals surface area (Å²) in [6, 6.07) is 7.57. The molecule has 7 nitrogen and oxygen atoms in total. The molecule has 1 aliphatic rings. The summed E-state index contributed by atoms with van der Waals surface area (Å²) in [4.78, 5) is 16.7. The molecule has 1 unspecified atom stereocenters. The van der Waals surface area contributed by atoms with Gasteiger partial charge in [-0.1, -0.05) is 17.7 Å². The lowest BCUT2D eigenvalue weighted by Gasteiger charge is -2.12. The Hall–Kier alpha value is -2.12. The molecule has 1 amide bonds. The SMILES string of the molecule is CCNC(=NCCCOCC1CCCO1)NCCNC(=O)c1cccc(C)c1. The van der Waals surface area contributed by atoms with Crippen LogP contribution in [-0.2, 0) is 9.47 Å². The molecule has 0 saturated carbocycles. The molecule has 1 heterocycles. The van der Waals surface area contributed by atoms with Gasteiger partial charge in [-0.05, 0) is 45.2 Å². The van der Waals surface area contributed by atoms with Crippen molar-refractivity contribution in [3.05, 3.63) is 35.4 Å². The first-order chi connectivity index (χ1) is 13.7. The fourth-order valence-electron chi connectivity index (χ4n) is 2.94. The molecule has 3 N–H and O–H groups in total. The van der Waals surface area contributed by atoms with Crippen molar-refractivity contribution in [2.45, 2.75) is 39.2 Å². The van der Waals surface area contributed by atoms with Crippen LogP contribution < -0.4 is 16.0 Å². The Kier molecular flexibility index (Phi) is 10.4. The van der Waals surface area contributed by atoms with Crippen LogP contribution in [0.2, 0.25) is 0 Å². The van der Waals surface area contributed by atoms with Crippen molar-refractivity contribution in [1.29, 1.82) is 0 Å². The second-order valence-corrected chi connectivity index (χ2v) is 6.88. The number of rotatable bonds is 11. The average molecular weight is 391 g/mol. The quantitative estimate of drug-likeness (QED) is 0.305. The van der Waals surface area contributed by atoms with Crippen LogP contribution in [0.4, 0.5) is 0 Å². The Morgan fingerprint density at radius 1 is 1.29 bits per heavy atom. The van der Waals surface area contributed by atoms with Gasteiger partial charge in [-0.15, -0.1) is 0 Å². The van der Waals surface area contributed by atoms with E-state index in [4.69, 9.17) is 9.47 Å². The minimum atomic E-state index is -0.0594. The molecule has 0 aromatic heterocycles. The van der Waals surface area contributed by atoms with Crippen molar-refractivity contribution >= 4 is 11.9 Å². The van der Waals surface area contributed by atoms with Gasteiger partial charge in [0.05, 0.1) is 12.7 Å². The number of hydrogen-bond donors (Lipinski definition) is 3. The number of nitrogens with one attached hydrogen (secondary N) is 3. The van der Waals surface area contributed by atoms with E-state index in [1.54, 1.807) is 0 Å². The van der Waals surface area contributed by atoms with Crippen molar-refractivity contribution in [2.75, 3.05) is 46.0 Å². The van der Waals surface area contributed by atoms with Crippen LogP contribution in [0.1, 0.15) is 42.1 Å². The van der Waals surface area contributed by atoms with Crippen molar-refractivity contribution in [2.24, 2.45) is 4.99 Å². The summed E-state index contributed by atoms with van der Waals surface area (Å²) in [6.45, 7) is 8.86. The van der Waals surface area contributed by atoms with Gasteiger partial charge in [0.2, 0.25) is 0 Å².